The van der Waals surface area contributed by atoms with E-state index in [0.29, 0.717) is 28.5 Å². The third kappa shape index (κ3) is 3.40. The second-order valence-corrected chi connectivity index (χ2v) is 8.82. The zero-order valence-electron chi connectivity index (χ0n) is 17.5. The second-order valence-electron chi connectivity index (χ2n) is 8.39. The molecule has 2 atom stereocenters. The lowest BCUT2D eigenvalue weighted by Crippen LogP contribution is -2.36. The number of halogens is 1. The summed E-state index contributed by atoms with van der Waals surface area (Å²) in [5, 5.41) is 18.8. The van der Waals surface area contributed by atoms with Crippen molar-refractivity contribution in [1.82, 2.24) is 15.1 Å². The monoisotopic (exact) mass is 437 g/mol. The van der Waals surface area contributed by atoms with Crippen molar-refractivity contribution in [2.45, 2.75) is 38.8 Å². The Morgan fingerprint density at radius 3 is 2.84 bits per heavy atom. The molecule has 0 bridgehead atoms. The highest BCUT2D eigenvalue weighted by Crippen LogP contribution is 2.46. The first-order chi connectivity index (χ1) is 14.9. The summed E-state index contributed by atoms with van der Waals surface area (Å²) in [5.74, 6) is 0.0418. The lowest BCUT2D eigenvalue weighted by Gasteiger charge is -2.28. The highest BCUT2D eigenvalue weighted by molar-refractivity contribution is 6.30. The molecule has 3 heterocycles. The molecular formula is C24H24ClN3O3. The Balaban J connectivity index is 1.67. The van der Waals surface area contributed by atoms with Gasteiger partial charge in [0.05, 0.1) is 12.1 Å². The van der Waals surface area contributed by atoms with Gasteiger partial charge in [-0.25, -0.2) is 0 Å². The predicted octanol–water partition coefficient (Wildman–Crippen LogP) is 4.78. The number of phenolic OH excluding ortho intramolecular Hbond substituents is 1. The van der Waals surface area contributed by atoms with E-state index in [2.05, 4.69) is 10.2 Å². The zero-order chi connectivity index (χ0) is 21.7. The van der Waals surface area contributed by atoms with E-state index >= 15 is 0 Å². The van der Waals surface area contributed by atoms with Crippen LogP contribution in [0.4, 0.5) is 0 Å². The number of carbonyl (C=O) groups is 1. The Labute approximate surface area is 185 Å². The fraction of sp³-hybridized carbons (Fsp3) is 0.333. The van der Waals surface area contributed by atoms with E-state index in [1.54, 1.807) is 6.07 Å². The van der Waals surface area contributed by atoms with E-state index in [0.717, 1.165) is 41.7 Å². The van der Waals surface area contributed by atoms with E-state index in [1.807, 2.05) is 49.1 Å². The number of fused-ring (bicyclic) bond motifs is 1. The number of aromatic hydroxyl groups is 1. The molecular weight excluding hydrogens is 414 g/mol. The van der Waals surface area contributed by atoms with Gasteiger partial charge >= 0.3 is 0 Å². The molecule has 2 aromatic carbocycles. The van der Waals surface area contributed by atoms with Crippen molar-refractivity contribution in [2.24, 2.45) is 0 Å². The summed E-state index contributed by atoms with van der Waals surface area (Å²) in [5.41, 5.74) is 5.24. The van der Waals surface area contributed by atoms with Crippen LogP contribution in [0.25, 0.3) is 11.3 Å². The number of benzene rings is 2. The van der Waals surface area contributed by atoms with Crippen LogP contribution in [0.3, 0.4) is 0 Å². The number of hydrogen-bond acceptors (Lipinski definition) is 4. The molecule has 1 fully saturated rings. The lowest BCUT2D eigenvalue weighted by atomic mass is 9.93. The van der Waals surface area contributed by atoms with Gasteiger partial charge in [0.2, 0.25) is 0 Å². The fourth-order valence-electron chi connectivity index (χ4n) is 4.86. The molecule has 2 aliphatic rings. The number of nitrogens with zero attached hydrogens (tertiary/aromatic N) is 2. The van der Waals surface area contributed by atoms with E-state index in [1.165, 1.54) is 0 Å². The molecule has 2 aliphatic heterocycles. The molecule has 6 nitrogen and oxygen atoms in total. The van der Waals surface area contributed by atoms with Gasteiger partial charge in [-0.2, -0.15) is 5.10 Å². The average molecular weight is 438 g/mol. The third-order valence-electron chi connectivity index (χ3n) is 6.15. The van der Waals surface area contributed by atoms with Crippen LogP contribution in [0.2, 0.25) is 5.02 Å². The van der Waals surface area contributed by atoms with Gasteiger partial charge < -0.3 is 14.7 Å². The van der Waals surface area contributed by atoms with Gasteiger partial charge in [0, 0.05) is 29.3 Å². The topological polar surface area (TPSA) is 78.5 Å². The molecule has 1 amide bonds. The molecule has 0 saturated carbocycles. The molecule has 7 heteroatoms. The number of H-pyrrole nitrogens is 1. The SMILES string of the molecule is Cc1cc(C)c(-c2n[nH]c3c2C(c2cccc(Cl)c2)N(CC2CCCO2)C3=O)c(O)c1. The summed E-state index contributed by atoms with van der Waals surface area (Å²) in [4.78, 5) is 15.3. The Kier molecular flexibility index (Phi) is 4.99. The summed E-state index contributed by atoms with van der Waals surface area (Å²) in [6, 6.07) is 10.9. The van der Waals surface area contributed by atoms with E-state index in [9.17, 15) is 9.90 Å². The van der Waals surface area contributed by atoms with E-state index in [4.69, 9.17) is 16.3 Å². The first-order valence-electron chi connectivity index (χ1n) is 10.5. The largest absolute Gasteiger partial charge is 0.507 e. The third-order valence-corrected chi connectivity index (χ3v) is 6.38. The molecule has 0 aliphatic carbocycles. The molecule has 31 heavy (non-hydrogen) atoms. The van der Waals surface area contributed by atoms with E-state index in [-0.39, 0.29) is 23.8 Å². The normalized spacial score (nSPS) is 20.5. The summed E-state index contributed by atoms with van der Waals surface area (Å²) < 4.78 is 5.83. The molecule has 3 aromatic rings. The molecule has 0 radical (unpaired) electrons. The highest BCUT2D eigenvalue weighted by atomic mass is 35.5. The number of hydrogen-bond donors (Lipinski definition) is 2. The maximum absolute atomic E-state index is 13.4. The van der Waals surface area contributed by atoms with Crippen molar-refractivity contribution >= 4 is 17.5 Å². The van der Waals surface area contributed by atoms with Crippen LogP contribution in [0.15, 0.2) is 36.4 Å². The number of aromatic nitrogens is 2. The highest BCUT2D eigenvalue weighted by Gasteiger charge is 2.43. The van der Waals surface area contributed by atoms with Gasteiger partial charge in [-0.15, -0.1) is 0 Å². The summed E-state index contributed by atoms with van der Waals surface area (Å²) in [6.45, 7) is 5.10. The van der Waals surface area contributed by atoms with Crippen LogP contribution in [-0.2, 0) is 4.74 Å². The van der Waals surface area contributed by atoms with Crippen LogP contribution < -0.4 is 0 Å². The molecule has 1 saturated heterocycles. The van der Waals surface area contributed by atoms with Crippen molar-refractivity contribution in [2.75, 3.05) is 13.2 Å². The molecule has 2 N–H and O–H groups in total. The van der Waals surface area contributed by atoms with Crippen molar-refractivity contribution in [3.05, 3.63) is 69.4 Å². The van der Waals surface area contributed by atoms with Gasteiger partial charge in [-0.3, -0.25) is 9.89 Å². The first kappa shape index (κ1) is 20.1. The van der Waals surface area contributed by atoms with Gasteiger partial charge in [0.25, 0.3) is 5.91 Å². The maximum atomic E-state index is 13.4. The van der Waals surface area contributed by atoms with Crippen LogP contribution in [0.1, 0.15) is 51.6 Å². The smallest absolute Gasteiger partial charge is 0.273 e. The molecule has 5 rings (SSSR count). The van der Waals surface area contributed by atoms with Gasteiger partial charge in [-0.05, 0) is 61.6 Å². The van der Waals surface area contributed by atoms with Gasteiger partial charge in [0.15, 0.2) is 0 Å². The molecule has 160 valence electrons. The number of phenols is 1. The second kappa shape index (κ2) is 7.70. The van der Waals surface area contributed by atoms with Crippen molar-refractivity contribution in [3.63, 3.8) is 0 Å². The summed E-state index contributed by atoms with van der Waals surface area (Å²) in [6.07, 6.45) is 1.95. The average Bonchev–Trinajstić information content (AvgIpc) is 3.42. The zero-order valence-corrected chi connectivity index (χ0v) is 18.2. The number of rotatable bonds is 4. The fourth-order valence-corrected chi connectivity index (χ4v) is 5.06. The quantitative estimate of drug-likeness (QED) is 0.615. The Morgan fingerprint density at radius 2 is 2.13 bits per heavy atom. The minimum Gasteiger partial charge on any atom is -0.507 e. The number of ether oxygens (including phenoxy) is 1. The number of nitrogens with one attached hydrogen (secondary N) is 1. The number of aromatic amines is 1. The van der Waals surface area contributed by atoms with Gasteiger partial charge in [-0.1, -0.05) is 29.8 Å². The standard InChI is InChI=1S/C24H24ClN3O3/c1-13-9-14(2)19(18(29)10-13)21-20-22(27-26-21)24(30)28(12-17-7-4-8-31-17)23(20)15-5-3-6-16(25)11-15/h3,5-6,9-11,17,23,29H,4,7-8,12H2,1-2H3,(H,26,27). The molecule has 0 spiro atoms. The minimum absolute atomic E-state index is 0.0144. The Bertz CT molecular complexity index is 1140. The van der Waals surface area contributed by atoms with Crippen LogP contribution >= 0.6 is 11.6 Å². The van der Waals surface area contributed by atoms with Crippen LogP contribution in [0.5, 0.6) is 5.75 Å². The Hall–Kier alpha value is -2.83. The van der Waals surface area contributed by atoms with E-state index < -0.39 is 0 Å². The number of aryl methyl sites for hydroxylation is 2. The van der Waals surface area contributed by atoms with Crippen molar-refractivity contribution in [3.8, 4) is 17.0 Å². The molecule has 1 aromatic heterocycles. The Morgan fingerprint density at radius 1 is 1.29 bits per heavy atom. The maximum Gasteiger partial charge on any atom is 0.273 e. The van der Waals surface area contributed by atoms with Crippen LogP contribution in [0, 0.1) is 13.8 Å². The van der Waals surface area contributed by atoms with Crippen molar-refractivity contribution < 1.29 is 14.6 Å². The number of carbonyl (C=O) groups excluding carboxylic acids is 1. The first-order valence-corrected chi connectivity index (χ1v) is 10.9. The minimum atomic E-state index is -0.362. The number of amides is 1. The summed E-state index contributed by atoms with van der Waals surface area (Å²) >= 11 is 6.31. The van der Waals surface area contributed by atoms with Crippen molar-refractivity contribution in [1.29, 1.82) is 0 Å². The summed E-state index contributed by atoms with van der Waals surface area (Å²) in [7, 11) is 0. The lowest BCUT2D eigenvalue weighted by molar-refractivity contribution is 0.0495. The van der Waals surface area contributed by atoms with Crippen LogP contribution in [-0.4, -0.2) is 45.4 Å². The van der Waals surface area contributed by atoms with Gasteiger partial charge in [0.1, 0.15) is 17.1 Å². The molecule has 2 unspecified atom stereocenters. The predicted molar refractivity (Wildman–Crippen MR) is 118 cm³/mol.